The van der Waals surface area contributed by atoms with Gasteiger partial charge in [-0.3, -0.25) is 10.4 Å². The van der Waals surface area contributed by atoms with Gasteiger partial charge in [-0.25, -0.2) is 0 Å². The molecule has 0 bridgehead atoms. The highest BCUT2D eigenvalue weighted by atomic mass is 16.8. The molecule has 0 fully saturated rings. The molecule has 0 radical (unpaired) electrons. The fraction of sp³-hybridized carbons (Fsp3) is 0. The van der Waals surface area contributed by atoms with E-state index in [1.165, 1.54) is 0 Å². The summed E-state index contributed by atoms with van der Waals surface area (Å²) < 4.78 is 0. The van der Waals surface area contributed by atoms with Gasteiger partial charge in [0.2, 0.25) is 0 Å². The lowest BCUT2D eigenvalue weighted by molar-refractivity contribution is 0.0291. The van der Waals surface area contributed by atoms with Gasteiger partial charge in [0.25, 0.3) is 0 Å². The summed E-state index contributed by atoms with van der Waals surface area (Å²) in [6.07, 6.45) is 1.63. The van der Waals surface area contributed by atoms with Gasteiger partial charge in [-0.1, -0.05) is 24.8 Å². The highest BCUT2D eigenvalue weighted by molar-refractivity contribution is 5.55. The molecule has 1 aromatic rings. The van der Waals surface area contributed by atoms with Gasteiger partial charge in [0.05, 0.1) is 5.69 Å². The first-order chi connectivity index (χ1) is 5.24. The van der Waals surface area contributed by atoms with E-state index in [2.05, 4.69) is 6.58 Å². The first-order valence-electron chi connectivity index (χ1n) is 3.14. The lowest BCUT2D eigenvalue weighted by Gasteiger charge is -2.07. The Labute approximate surface area is 64.7 Å². The topological polar surface area (TPSA) is 43.7 Å². The minimum atomic E-state index is 0.0764. The van der Waals surface area contributed by atoms with E-state index in [1.807, 2.05) is 6.07 Å². The van der Waals surface area contributed by atoms with Crippen molar-refractivity contribution in [1.29, 1.82) is 0 Å². The quantitative estimate of drug-likeness (QED) is 0.634. The molecule has 0 saturated heterocycles. The van der Waals surface area contributed by atoms with Gasteiger partial charge in [0.1, 0.15) is 0 Å². The Morgan fingerprint density at radius 3 is 2.64 bits per heavy atom. The Balaban J connectivity index is 3.00. The van der Waals surface area contributed by atoms with E-state index in [0.29, 0.717) is 5.69 Å². The lowest BCUT2D eigenvalue weighted by Crippen LogP contribution is -2.10. The average Bonchev–Trinajstić information content (AvgIpc) is 2.05. The van der Waals surface area contributed by atoms with Gasteiger partial charge in [-0.2, -0.15) is 0 Å². The van der Waals surface area contributed by atoms with Crippen LogP contribution >= 0.6 is 0 Å². The van der Waals surface area contributed by atoms with E-state index in [4.69, 9.17) is 10.4 Å². The lowest BCUT2D eigenvalue weighted by atomic mass is 10.2. The van der Waals surface area contributed by atoms with Crippen LogP contribution in [0.5, 0.6) is 0 Å². The Morgan fingerprint density at radius 1 is 1.36 bits per heavy atom. The predicted octanol–water partition coefficient (Wildman–Crippen LogP) is 1.91. The zero-order chi connectivity index (χ0) is 8.27. The highest BCUT2D eigenvalue weighted by Crippen LogP contribution is 2.13. The molecule has 58 valence electrons. The normalized spacial score (nSPS) is 9.27. The Bertz CT molecular complexity index is 258. The summed E-state index contributed by atoms with van der Waals surface area (Å²) in [7, 11) is 0. The van der Waals surface area contributed by atoms with E-state index in [0.717, 1.165) is 5.56 Å². The maximum absolute atomic E-state index is 8.60. The number of rotatable bonds is 2. The second-order valence-corrected chi connectivity index (χ2v) is 2.09. The van der Waals surface area contributed by atoms with Crippen LogP contribution in [0.2, 0.25) is 0 Å². The number of anilines is 1. The molecule has 1 rings (SSSR count). The maximum Gasteiger partial charge on any atom is 0.0948 e. The van der Waals surface area contributed by atoms with Crippen molar-refractivity contribution in [3.63, 3.8) is 0 Å². The van der Waals surface area contributed by atoms with Crippen molar-refractivity contribution in [2.45, 2.75) is 0 Å². The molecule has 0 unspecified atom stereocenters. The minimum absolute atomic E-state index is 0.0764. The third kappa shape index (κ3) is 1.80. The highest BCUT2D eigenvalue weighted by Gasteiger charge is 1.96. The summed E-state index contributed by atoms with van der Waals surface area (Å²) in [6, 6.07) is 6.71. The summed E-state index contributed by atoms with van der Waals surface area (Å²) in [5.74, 6) is 0. The second-order valence-electron chi connectivity index (χ2n) is 2.09. The molecule has 0 aliphatic heterocycles. The molecule has 0 aromatic heterocycles. The van der Waals surface area contributed by atoms with Crippen LogP contribution in [0.3, 0.4) is 0 Å². The van der Waals surface area contributed by atoms with Crippen LogP contribution in [-0.2, 0) is 0 Å². The molecule has 0 spiro atoms. The average molecular weight is 151 g/mol. The van der Waals surface area contributed by atoms with Crippen LogP contribution in [0, 0.1) is 0 Å². The number of benzene rings is 1. The van der Waals surface area contributed by atoms with Crippen molar-refractivity contribution < 1.29 is 10.4 Å². The summed E-state index contributed by atoms with van der Waals surface area (Å²) in [5.41, 5.74) is 1.16. The van der Waals surface area contributed by atoms with Crippen molar-refractivity contribution in [3.8, 4) is 0 Å². The van der Waals surface area contributed by atoms with Gasteiger partial charge in [0, 0.05) is 0 Å². The minimum Gasteiger partial charge on any atom is -0.264 e. The van der Waals surface area contributed by atoms with Gasteiger partial charge < -0.3 is 0 Å². The zero-order valence-electron chi connectivity index (χ0n) is 5.94. The van der Waals surface area contributed by atoms with Gasteiger partial charge in [0.15, 0.2) is 0 Å². The van der Waals surface area contributed by atoms with Gasteiger partial charge in [-0.15, -0.1) is 5.23 Å². The van der Waals surface area contributed by atoms with Gasteiger partial charge in [-0.05, 0) is 17.7 Å². The SMILES string of the molecule is C=Cc1cccc(N(O)O)c1. The van der Waals surface area contributed by atoms with E-state index in [9.17, 15) is 0 Å². The largest absolute Gasteiger partial charge is 0.264 e. The molecular formula is C8H9NO2. The van der Waals surface area contributed by atoms with Crippen molar-refractivity contribution in [3.05, 3.63) is 36.4 Å². The molecule has 0 atom stereocenters. The smallest absolute Gasteiger partial charge is 0.0948 e. The van der Waals surface area contributed by atoms with E-state index >= 15 is 0 Å². The van der Waals surface area contributed by atoms with Crippen LogP contribution in [0.1, 0.15) is 5.56 Å². The van der Waals surface area contributed by atoms with Crippen LogP contribution in [0.25, 0.3) is 6.08 Å². The third-order valence-electron chi connectivity index (χ3n) is 1.34. The third-order valence-corrected chi connectivity index (χ3v) is 1.34. The Morgan fingerprint density at radius 2 is 2.09 bits per heavy atom. The first kappa shape index (κ1) is 7.78. The first-order valence-corrected chi connectivity index (χ1v) is 3.14. The summed E-state index contributed by atoms with van der Waals surface area (Å²) in [6.45, 7) is 3.55. The molecule has 3 heteroatoms. The number of hydrogen-bond acceptors (Lipinski definition) is 3. The van der Waals surface area contributed by atoms with Crippen LogP contribution in [0.4, 0.5) is 5.69 Å². The zero-order valence-corrected chi connectivity index (χ0v) is 5.94. The van der Waals surface area contributed by atoms with E-state index in [-0.39, 0.29) is 5.23 Å². The predicted molar refractivity (Wildman–Crippen MR) is 42.6 cm³/mol. The molecule has 0 amide bonds. The number of hydrogen-bond donors (Lipinski definition) is 2. The molecule has 0 aliphatic carbocycles. The summed E-state index contributed by atoms with van der Waals surface area (Å²) in [4.78, 5) is 0. The van der Waals surface area contributed by atoms with Crippen LogP contribution in [0.15, 0.2) is 30.8 Å². The summed E-state index contributed by atoms with van der Waals surface area (Å²) in [5, 5.41) is 17.3. The molecule has 0 aliphatic rings. The monoisotopic (exact) mass is 151 g/mol. The van der Waals surface area contributed by atoms with E-state index in [1.54, 1.807) is 24.3 Å². The van der Waals surface area contributed by atoms with Crippen molar-refractivity contribution in [2.24, 2.45) is 0 Å². The van der Waals surface area contributed by atoms with Crippen LogP contribution < -0.4 is 5.23 Å². The fourth-order valence-electron chi connectivity index (χ4n) is 0.776. The number of nitrogens with zero attached hydrogens (tertiary/aromatic N) is 1. The molecular weight excluding hydrogens is 142 g/mol. The molecule has 2 N–H and O–H groups in total. The van der Waals surface area contributed by atoms with E-state index < -0.39 is 0 Å². The molecule has 11 heavy (non-hydrogen) atoms. The summed E-state index contributed by atoms with van der Waals surface area (Å²) >= 11 is 0. The van der Waals surface area contributed by atoms with Crippen molar-refractivity contribution in [1.82, 2.24) is 0 Å². The van der Waals surface area contributed by atoms with Crippen molar-refractivity contribution >= 4 is 11.8 Å². The fourth-order valence-corrected chi connectivity index (χ4v) is 0.776. The molecule has 0 saturated carbocycles. The van der Waals surface area contributed by atoms with Gasteiger partial charge >= 0.3 is 0 Å². The Hall–Kier alpha value is -1.32. The van der Waals surface area contributed by atoms with Crippen molar-refractivity contribution in [2.75, 3.05) is 5.23 Å². The molecule has 0 heterocycles. The maximum atomic E-state index is 8.60. The van der Waals surface area contributed by atoms with Crippen LogP contribution in [-0.4, -0.2) is 10.4 Å². The Kier molecular flexibility index (Phi) is 2.25. The second kappa shape index (κ2) is 3.18. The molecule has 3 nitrogen and oxygen atoms in total. The standard InChI is InChI=1S/C8H9NO2/c1-2-7-4-3-5-8(6-7)9(10)11/h2-6,10-11H,1H2. The molecule has 1 aromatic carbocycles.